The van der Waals surface area contributed by atoms with Gasteiger partial charge in [-0.2, -0.15) is 10.1 Å². The van der Waals surface area contributed by atoms with Crippen molar-refractivity contribution >= 4 is 5.69 Å². The number of aromatic nitrogens is 4. The lowest BCUT2D eigenvalue weighted by Gasteiger charge is -2.00. The van der Waals surface area contributed by atoms with Crippen LogP contribution in [0.3, 0.4) is 0 Å². The van der Waals surface area contributed by atoms with Crippen LogP contribution < -0.4 is 5.73 Å². The molecule has 0 aliphatic rings. The molecule has 0 bridgehead atoms. The minimum Gasteiger partial charge on any atom is -0.396 e. The molecule has 0 aliphatic carbocycles. The summed E-state index contributed by atoms with van der Waals surface area (Å²) in [6.45, 7) is 0. The number of halogens is 1. The van der Waals surface area contributed by atoms with Crippen LogP contribution in [0.1, 0.15) is 0 Å². The maximum atomic E-state index is 13.4. The summed E-state index contributed by atoms with van der Waals surface area (Å²) in [5, 5.41) is 7.85. The summed E-state index contributed by atoms with van der Waals surface area (Å²) in [5.41, 5.74) is 6.73. The molecule has 0 fully saturated rings. The fourth-order valence-corrected chi connectivity index (χ4v) is 1.71. The summed E-state index contributed by atoms with van der Waals surface area (Å²) in [6, 6.07) is 4.44. The molecule has 0 atom stereocenters. The molecule has 0 saturated heterocycles. The third-order valence-corrected chi connectivity index (χ3v) is 2.67. The molecule has 6 nitrogen and oxygen atoms in total. The second kappa shape index (κ2) is 4.20. The number of para-hydroxylation sites is 1. The van der Waals surface area contributed by atoms with E-state index in [1.54, 1.807) is 30.2 Å². The predicted octanol–water partition coefficient (Wildman–Crippen LogP) is 1.86. The molecular weight excluding hydrogens is 249 g/mol. The summed E-state index contributed by atoms with van der Waals surface area (Å²) >= 11 is 0. The van der Waals surface area contributed by atoms with Crippen LogP contribution in [0.5, 0.6) is 0 Å². The van der Waals surface area contributed by atoms with Crippen LogP contribution in [0.2, 0.25) is 0 Å². The van der Waals surface area contributed by atoms with Crippen LogP contribution >= 0.6 is 0 Å². The Balaban J connectivity index is 2.04. The van der Waals surface area contributed by atoms with E-state index in [-0.39, 0.29) is 11.6 Å². The molecule has 7 heteroatoms. The van der Waals surface area contributed by atoms with E-state index in [1.807, 2.05) is 0 Å². The number of hydrogen-bond donors (Lipinski definition) is 1. The number of rotatable bonds is 2. The van der Waals surface area contributed by atoms with Crippen molar-refractivity contribution in [3.05, 3.63) is 36.4 Å². The molecule has 1 aromatic carbocycles. The van der Waals surface area contributed by atoms with Crippen LogP contribution in [-0.2, 0) is 7.05 Å². The molecule has 0 amide bonds. The first-order valence-electron chi connectivity index (χ1n) is 5.52. The number of anilines is 1. The molecule has 0 spiro atoms. The molecule has 0 unspecified atom stereocenters. The number of benzene rings is 1. The molecule has 3 rings (SSSR count). The zero-order chi connectivity index (χ0) is 13.4. The Kier molecular flexibility index (Phi) is 2.52. The van der Waals surface area contributed by atoms with Crippen molar-refractivity contribution in [2.75, 3.05) is 5.73 Å². The summed E-state index contributed by atoms with van der Waals surface area (Å²) < 4.78 is 20.1. The summed E-state index contributed by atoms with van der Waals surface area (Å²) in [5.74, 6) is 0.0428. The van der Waals surface area contributed by atoms with Gasteiger partial charge < -0.3 is 10.3 Å². The quantitative estimate of drug-likeness (QED) is 0.710. The Morgan fingerprint density at radius 3 is 2.95 bits per heavy atom. The highest BCUT2D eigenvalue weighted by atomic mass is 19.1. The van der Waals surface area contributed by atoms with Gasteiger partial charge in [-0.15, -0.1) is 0 Å². The van der Waals surface area contributed by atoms with E-state index < -0.39 is 5.82 Å². The monoisotopic (exact) mass is 259 g/mol. The maximum absolute atomic E-state index is 13.4. The second-order valence-electron chi connectivity index (χ2n) is 4.03. The Morgan fingerprint density at radius 2 is 2.21 bits per heavy atom. The largest absolute Gasteiger partial charge is 0.396 e. The zero-order valence-corrected chi connectivity index (χ0v) is 10.0. The van der Waals surface area contributed by atoms with Gasteiger partial charge in [0.25, 0.3) is 5.89 Å². The van der Waals surface area contributed by atoms with Gasteiger partial charge in [0.15, 0.2) is 0 Å². The standard InChI is InChI=1S/C12H10FN5O/c1-18-6-7(5-15-18)11-16-12(19-17-11)8-3-2-4-9(13)10(8)14/h2-6H,14H2,1H3. The summed E-state index contributed by atoms with van der Waals surface area (Å²) in [6.07, 6.45) is 3.37. The summed E-state index contributed by atoms with van der Waals surface area (Å²) in [4.78, 5) is 4.19. The number of nitrogens with two attached hydrogens (primary N) is 1. The van der Waals surface area contributed by atoms with Crippen molar-refractivity contribution < 1.29 is 8.91 Å². The molecule has 19 heavy (non-hydrogen) atoms. The minimum atomic E-state index is -0.515. The van der Waals surface area contributed by atoms with Crippen molar-refractivity contribution in [1.29, 1.82) is 0 Å². The van der Waals surface area contributed by atoms with Gasteiger partial charge in [0.05, 0.1) is 23.0 Å². The summed E-state index contributed by atoms with van der Waals surface area (Å²) in [7, 11) is 1.79. The van der Waals surface area contributed by atoms with Gasteiger partial charge >= 0.3 is 0 Å². The lowest BCUT2D eigenvalue weighted by molar-refractivity contribution is 0.432. The molecule has 3 aromatic rings. The van der Waals surface area contributed by atoms with E-state index in [9.17, 15) is 4.39 Å². The van der Waals surface area contributed by atoms with Crippen molar-refractivity contribution in [2.45, 2.75) is 0 Å². The minimum absolute atomic E-state index is 0.0103. The van der Waals surface area contributed by atoms with E-state index in [1.165, 1.54) is 12.1 Å². The average Bonchev–Trinajstić information content (AvgIpc) is 3.01. The van der Waals surface area contributed by atoms with Gasteiger partial charge in [-0.25, -0.2) is 4.39 Å². The molecule has 2 aromatic heterocycles. The van der Waals surface area contributed by atoms with Crippen LogP contribution in [0.15, 0.2) is 35.1 Å². The lowest BCUT2D eigenvalue weighted by atomic mass is 10.2. The zero-order valence-electron chi connectivity index (χ0n) is 10.0. The second-order valence-corrected chi connectivity index (χ2v) is 4.03. The highest BCUT2D eigenvalue weighted by molar-refractivity contribution is 5.71. The molecule has 0 radical (unpaired) electrons. The maximum Gasteiger partial charge on any atom is 0.260 e. The first-order chi connectivity index (χ1) is 9.15. The van der Waals surface area contributed by atoms with Crippen molar-refractivity contribution in [3.8, 4) is 22.8 Å². The topological polar surface area (TPSA) is 82.8 Å². The molecule has 2 heterocycles. The van der Waals surface area contributed by atoms with Gasteiger partial charge in [0, 0.05) is 13.2 Å². The fourth-order valence-electron chi connectivity index (χ4n) is 1.71. The first kappa shape index (κ1) is 11.4. The van der Waals surface area contributed by atoms with Gasteiger partial charge in [-0.05, 0) is 12.1 Å². The highest BCUT2D eigenvalue weighted by Gasteiger charge is 2.15. The fraction of sp³-hybridized carbons (Fsp3) is 0.0833. The third kappa shape index (κ3) is 1.95. The molecule has 2 N–H and O–H groups in total. The predicted molar refractivity (Wildman–Crippen MR) is 66.3 cm³/mol. The van der Waals surface area contributed by atoms with E-state index in [2.05, 4.69) is 15.2 Å². The number of aryl methyl sites for hydroxylation is 1. The number of hydrogen-bond acceptors (Lipinski definition) is 5. The van der Waals surface area contributed by atoms with Crippen LogP contribution in [0.25, 0.3) is 22.8 Å². The smallest absolute Gasteiger partial charge is 0.260 e. The van der Waals surface area contributed by atoms with Gasteiger partial charge in [0.2, 0.25) is 5.82 Å². The third-order valence-electron chi connectivity index (χ3n) is 2.67. The normalized spacial score (nSPS) is 10.8. The number of nitrogen functional groups attached to an aromatic ring is 1. The van der Waals surface area contributed by atoms with E-state index in [0.717, 1.165) is 0 Å². The van der Waals surface area contributed by atoms with Crippen molar-refractivity contribution in [3.63, 3.8) is 0 Å². The molecule has 96 valence electrons. The Labute approximate surface area is 107 Å². The molecular formula is C12H10FN5O. The first-order valence-corrected chi connectivity index (χ1v) is 5.52. The van der Waals surface area contributed by atoms with E-state index >= 15 is 0 Å². The van der Waals surface area contributed by atoms with Gasteiger partial charge in [-0.3, -0.25) is 4.68 Å². The van der Waals surface area contributed by atoms with Gasteiger partial charge in [0.1, 0.15) is 5.82 Å². The van der Waals surface area contributed by atoms with Crippen LogP contribution in [0, 0.1) is 5.82 Å². The number of nitrogens with zero attached hydrogens (tertiary/aromatic N) is 4. The van der Waals surface area contributed by atoms with Crippen LogP contribution in [-0.4, -0.2) is 19.9 Å². The lowest BCUT2D eigenvalue weighted by Crippen LogP contribution is -1.94. The van der Waals surface area contributed by atoms with Crippen molar-refractivity contribution in [2.24, 2.45) is 7.05 Å². The SMILES string of the molecule is Cn1cc(-c2noc(-c3cccc(F)c3N)n2)cn1. The van der Waals surface area contributed by atoms with E-state index in [0.29, 0.717) is 17.0 Å². The van der Waals surface area contributed by atoms with Crippen LogP contribution in [0.4, 0.5) is 10.1 Å². The molecule has 0 saturated carbocycles. The average molecular weight is 259 g/mol. The Bertz CT molecular complexity index is 733. The van der Waals surface area contributed by atoms with Gasteiger partial charge in [-0.1, -0.05) is 11.2 Å². The van der Waals surface area contributed by atoms with E-state index in [4.69, 9.17) is 10.3 Å². The van der Waals surface area contributed by atoms with Crippen molar-refractivity contribution in [1.82, 2.24) is 19.9 Å². The Hall–Kier alpha value is -2.70. The highest BCUT2D eigenvalue weighted by Crippen LogP contribution is 2.28. The molecule has 0 aliphatic heterocycles. The Morgan fingerprint density at radius 1 is 1.37 bits per heavy atom.